The zero-order chi connectivity index (χ0) is 14.5. The van der Waals surface area contributed by atoms with Crippen molar-refractivity contribution in [3.63, 3.8) is 0 Å². The lowest BCUT2D eigenvalue weighted by Crippen LogP contribution is -2.43. The first kappa shape index (κ1) is 14.8. The van der Waals surface area contributed by atoms with Gasteiger partial charge in [-0.25, -0.2) is 9.48 Å². The highest BCUT2D eigenvalue weighted by Crippen LogP contribution is 2.21. The maximum absolute atomic E-state index is 12.0. The van der Waals surface area contributed by atoms with Crippen LogP contribution in [0.1, 0.15) is 26.8 Å². The van der Waals surface area contributed by atoms with Crippen molar-refractivity contribution in [3.05, 3.63) is 6.20 Å². The third kappa shape index (κ3) is 3.27. The molecule has 1 aromatic rings. The molecule has 0 radical (unpaired) electrons. The third-order valence-electron chi connectivity index (χ3n) is 3.38. The van der Waals surface area contributed by atoms with Crippen LogP contribution in [0.2, 0.25) is 0 Å². The number of hydrogen-bond acceptors (Lipinski definition) is 6. The molecule has 1 aliphatic heterocycles. The Balaban J connectivity index is 2.13. The van der Waals surface area contributed by atoms with Gasteiger partial charge in [0.05, 0.1) is 12.8 Å². The number of aromatic nitrogens is 3. The monoisotopic (exact) mass is 281 g/mol. The lowest BCUT2D eigenvalue weighted by molar-refractivity contribution is -0.149. The number of nitrogens with one attached hydrogen (secondary N) is 1. The Hall–Kier alpha value is -1.63. The van der Waals surface area contributed by atoms with Gasteiger partial charge >= 0.3 is 5.97 Å². The molecule has 0 saturated carbocycles. The van der Waals surface area contributed by atoms with Gasteiger partial charge in [-0.3, -0.25) is 0 Å². The number of carbonyl (C=O) groups is 1. The summed E-state index contributed by atoms with van der Waals surface area (Å²) in [5.74, 6) is 0.673. The van der Waals surface area contributed by atoms with Crippen LogP contribution in [-0.4, -0.2) is 53.7 Å². The van der Waals surface area contributed by atoms with E-state index >= 15 is 0 Å². The average Bonchev–Trinajstić information content (AvgIpc) is 2.89. The molecule has 112 valence electrons. The van der Waals surface area contributed by atoms with Crippen molar-refractivity contribution >= 4 is 11.8 Å². The van der Waals surface area contributed by atoms with Gasteiger partial charge in [0.25, 0.3) is 0 Å². The molecule has 0 spiro atoms. The fourth-order valence-electron chi connectivity index (χ4n) is 2.36. The predicted molar refractivity (Wildman–Crippen MR) is 75.6 cm³/mol. The number of anilines is 1. The van der Waals surface area contributed by atoms with Crippen LogP contribution in [0.4, 0.5) is 5.82 Å². The van der Waals surface area contributed by atoms with E-state index in [2.05, 4.69) is 20.5 Å². The number of esters is 1. The van der Waals surface area contributed by atoms with Crippen molar-refractivity contribution in [2.75, 3.05) is 37.7 Å². The molecule has 1 aromatic heterocycles. The minimum absolute atomic E-state index is 0.103. The summed E-state index contributed by atoms with van der Waals surface area (Å²) in [4.78, 5) is 14.2. The van der Waals surface area contributed by atoms with E-state index in [1.807, 2.05) is 27.0 Å². The molecule has 1 N–H and O–H groups in total. The fraction of sp³-hybridized carbons (Fsp3) is 0.769. The molecular weight excluding hydrogens is 258 g/mol. The number of carbonyl (C=O) groups excluding carboxylic acids is 1. The summed E-state index contributed by atoms with van der Waals surface area (Å²) in [6, 6.07) is -0.417. The van der Waals surface area contributed by atoms with E-state index < -0.39 is 6.04 Å². The molecule has 20 heavy (non-hydrogen) atoms. The molecule has 0 aromatic carbocycles. The normalized spacial score (nSPS) is 17.3. The third-order valence-corrected chi connectivity index (χ3v) is 3.38. The molecule has 2 rings (SSSR count). The zero-order valence-electron chi connectivity index (χ0n) is 12.4. The molecule has 0 amide bonds. The Morgan fingerprint density at radius 2 is 2.15 bits per heavy atom. The van der Waals surface area contributed by atoms with Crippen molar-refractivity contribution in [1.82, 2.24) is 20.3 Å². The van der Waals surface area contributed by atoms with Crippen LogP contribution in [0.15, 0.2) is 6.20 Å². The van der Waals surface area contributed by atoms with Gasteiger partial charge in [-0.1, -0.05) is 19.1 Å². The topological polar surface area (TPSA) is 72.3 Å². The lowest BCUT2D eigenvalue weighted by Gasteiger charge is -2.26. The fourth-order valence-corrected chi connectivity index (χ4v) is 2.36. The molecule has 7 nitrogen and oxygen atoms in total. The van der Waals surface area contributed by atoms with Gasteiger partial charge in [0, 0.05) is 26.2 Å². The molecule has 7 heteroatoms. The molecule has 1 atom stereocenters. The van der Waals surface area contributed by atoms with E-state index in [9.17, 15) is 4.79 Å². The summed E-state index contributed by atoms with van der Waals surface area (Å²) >= 11 is 0. The largest absolute Gasteiger partial charge is 0.464 e. The van der Waals surface area contributed by atoms with E-state index in [0.29, 0.717) is 6.61 Å². The van der Waals surface area contributed by atoms with E-state index in [1.54, 1.807) is 4.68 Å². The number of rotatable bonds is 5. The van der Waals surface area contributed by atoms with Crippen molar-refractivity contribution in [1.29, 1.82) is 0 Å². The Kier molecular flexibility index (Phi) is 4.94. The van der Waals surface area contributed by atoms with Crippen LogP contribution in [0.5, 0.6) is 0 Å². The Labute approximate surface area is 119 Å². The van der Waals surface area contributed by atoms with Crippen LogP contribution < -0.4 is 10.2 Å². The minimum Gasteiger partial charge on any atom is -0.464 e. The zero-order valence-corrected chi connectivity index (χ0v) is 12.4. The maximum Gasteiger partial charge on any atom is 0.331 e. The number of ether oxygens (including phenoxy) is 1. The van der Waals surface area contributed by atoms with E-state index in [1.165, 1.54) is 0 Å². The highest BCUT2D eigenvalue weighted by atomic mass is 16.5. The average molecular weight is 281 g/mol. The molecular formula is C13H23N5O2. The highest BCUT2D eigenvalue weighted by molar-refractivity contribution is 5.74. The van der Waals surface area contributed by atoms with E-state index in [-0.39, 0.29) is 11.9 Å². The maximum atomic E-state index is 12.0. The van der Waals surface area contributed by atoms with Gasteiger partial charge in [-0.15, -0.1) is 5.10 Å². The van der Waals surface area contributed by atoms with Gasteiger partial charge in [0.2, 0.25) is 0 Å². The van der Waals surface area contributed by atoms with Crippen molar-refractivity contribution in [2.24, 2.45) is 5.92 Å². The van der Waals surface area contributed by atoms with E-state index in [4.69, 9.17) is 4.74 Å². The predicted octanol–water partition coefficient (Wildman–Crippen LogP) is 0.448. The number of hydrogen-bond donors (Lipinski definition) is 1. The van der Waals surface area contributed by atoms with Gasteiger partial charge in [0.1, 0.15) is 0 Å². The van der Waals surface area contributed by atoms with Gasteiger partial charge in [-0.2, -0.15) is 0 Å². The molecule has 1 unspecified atom stereocenters. The van der Waals surface area contributed by atoms with Crippen LogP contribution >= 0.6 is 0 Å². The van der Waals surface area contributed by atoms with Crippen LogP contribution in [0, 0.1) is 5.92 Å². The van der Waals surface area contributed by atoms with Gasteiger partial charge < -0.3 is 15.0 Å². The Bertz CT molecular complexity index is 440. The van der Waals surface area contributed by atoms with Crippen LogP contribution in [0.3, 0.4) is 0 Å². The van der Waals surface area contributed by atoms with Gasteiger partial charge in [-0.05, 0) is 12.8 Å². The summed E-state index contributed by atoms with van der Waals surface area (Å²) in [6.07, 6.45) is 1.84. The number of piperazine rings is 1. The standard InChI is InChI=1S/C13H23N5O2/c1-4-20-13(19)12(10(2)3)18-9-11(15-16-18)17-7-5-14-6-8-17/h9-10,12,14H,4-8H2,1-3H3. The molecule has 1 saturated heterocycles. The van der Waals surface area contributed by atoms with Crippen LogP contribution in [-0.2, 0) is 9.53 Å². The van der Waals surface area contributed by atoms with Crippen molar-refractivity contribution < 1.29 is 9.53 Å². The first-order valence-electron chi connectivity index (χ1n) is 7.17. The summed E-state index contributed by atoms with van der Waals surface area (Å²) in [5, 5.41) is 11.6. The van der Waals surface area contributed by atoms with Crippen molar-refractivity contribution in [2.45, 2.75) is 26.8 Å². The Morgan fingerprint density at radius 1 is 1.45 bits per heavy atom. The minimum atomic E-state index is -0.417. The SMILES string of the molecule is CCOC(=O)C(C(C)C)n1cc(N2CCNCC2)nn1. The summed E-state index contributed by atoms with van der Waals surface area (Å²) in [6.45, 7) is 9.84. The first-order valence-corrected chi connectivity index (χ1v) is 7.17. The molecule has 0 aliphatic carbocycles. The molecule has 0 bridgehead atoms. The van der Waals surface area contributed by atoms with Crippen LogP contribution in [0.25, 0.3) is 0 Å². The quantitative estimate of drug-likeness (QED) is 0.790. The summed E-state index contributed by atoms with van der Waals surface area (Å²) in [5.41, 5.74) is 0. The summed E-state index contributed by atoms with van der Waals surface area (Å²) < 4.78 is 6.75. The first-order chi connectivity index (χ1) is 9.63. The van der Waals surface area contributed by atoms with E-state index in [0.717, 1.165) is 32.0 Å². The summed E-state index contributed by atoms with van der Waals surface area (Å²) in [7, 11) is 0. The second kappa shape index (κ2) is 6.69. The van der Waals surface area contributed by atoms with Gasteiger partial charge in [0.15, 0.2) is 11.9 Å². The molecule has 1 fully saturated rings. The number of nitrogens with zero attached hydrogens (tertiary/aromatic N) is 4. The second-order valence-electron chi connectivity index (χ2n) is 5.23. The second-order valence-corrected chi connectivity index (χ2v) is 5.23. The Morgan fingerprint density at radius 3 is 2.75 bits per heavy atom. The highest BCUT2D eigenvalue weighted by Gasteiger charge is 2.27. The molecule has 2 heterocycles. The van der Waals surface area contributed by atoms with Crippen molar-refractivity contribution in [3.8, 4) is 0 Å². The lowest BCUT2D eigenvalue weighted by atomic mass is 10.1. The molecule has 1 aliphatic rings. The smallest absolute Gasteiger partial charge is 0.331 e.